The van der Waals surface area contributed by atoms with Crippen LogP contribution in [0.2, 0.25) is 20.1 Å². The molecule has 0 saturated carbocycles. The Hall–Kier alpha value is -15.1. The number of carbonyl (C=O) groups is 8. The van der Waals surface area contributed by atoms with Crippen LogP contribution in [-0.2, 0) is 57.2 Å². The molecule has 4 heterocycles. The first kappa shape index (κ1) is 119. The zero-order chi connectivity index (χ0) is 104. The lowest BCUT2D eigenvalue weighted by Crippen LogP contribution is -2.43. The van der Waals surface area contributed by atoms with E-state index in [1.54, 1.807) is 182 Å². The highest BCUT2D eigenvalue weighted by atomic mass is 35.5. The smallest absolute Gasteiger partial charge is 0.336 e. The summed E-state index contributed by atoms with van der Waals surface area (Å²) in [7, 11) is 0. The summed E-state index contributed by atoms with van der Waals surface area (Å²) in [5, 5.41) is 35.4. The molecule has 36 heteroatoms. The Balaban J connectivity index is 0.000000239. The van der Waals surface area contributed by atoms with Gasteiger partial charge in [-0.3, -0.25) is 39.1 Å². The summed E-state index contributed by atoms with van der Waals surface area (Å²) in [6, 6.07) is 65.6. The van der Waals surface area contributed by atoms with Gasteiger partial charge in [-0.2, -0.15) is 26.3 Å². The SMILES string of the molecule is C.C.C.C.C.CC(C)(C)NC(=O)Nc1ccc(C2=NC(Cc3ccccc3C(F)(F)F)C(=O)Nc3ccc(Cl)cc32)cc1.CC(C)(C)NC(=O)Nc1ccc(C2=NC(Cc3ccccc3F)C(=O)Nc3ccc(Cl)cc32)cc1.CC(C)NC(=O)Nc1ccc(C2=NC(Cc3ccccc3C(F)(F)F)C(=O)Nc3ccc(Cl)cc32)cc1.CC(C)NC(=O)Nc1ccc(C2=NC(Cc3ccccc3F)C(=O)Nc3ccc(Cl)cc32)cc1. The van der Waals surface area contributed by atoms with E-state index in [9.17, 15) is 73.5 Å². The van der Waals surface area contributed by atoms with Crippen LogP contribution in [0.5, 0.6) is 0 Å². The number of carbonyl (C=O) groups excluding carboxylic acids is 8. The predicted molar refractivity (Wildman–Crippen MR) is 586 cm³/mol. The number of benzene rings is 12. The number of nitrogens with zero attached hydrogens (tertiary/aromatic N) is 4. The minimum atomic E-state index is -4.57. The van der Waals surface area contributed by atoms with E-state index in [0.717, 1.165) is 23.3 Å². The Kier molecular flexibility index (Phi) is 41.5. The Morgan fingerprint density at radius 3 is 0.745 bits per heavy atom. The first-order valence-electron chi connectivity index (χ1n) is 45.5. The number of rotatable bonds is 18. The molecule has 0 aliphatic carbocycles. The molecule has 12 aromatic carbocycles. The van der Waals surface area contributed by atoms with Crippen molar-refractivity contribution in [2.75, 3.05) is 42.5 Å². The molecule has 784 valence electrons. The molecule has 16 rings (SSSR count). The monoisotopic (exact) mass is 2120 g/mol. The van der Waals surface area contributed by atoms with Gasteiger partial charge in [-0.15, -0.1) is 0 Å². The van der Waals surface area contributed by atoms with Gasteiger partial charge in [0.15, 0.2) is 0 Å². The Morgan fingerprint density at radius 1 is 0.309 bits per heavy atom. The van der Waals surface area contributed by atoms with Crippen LogP contribution in [0.3, 0.4) is 0 Å². The van der Waals surface area contributed by atoms with Gasteiger partial charge in [0.2, 0.25) is 23.6 Å². The van der Waals surface area contributed by atoms with Crippen LogP contribution in [0.4, 0.5) is 99.8 Å². The molecule has 12 amide bonds. The number of fused-ring (bicyclic) bond motifs is 4. The highest BCUT2D eigenvalue weighted by Gasteiger charge is 2.39. The van der Waals surface area contributed by atoms with Gasteiger partial charge in [-0.1, -0.05) is 205 Å². The van der Waals surface area contributed by atoms with Crippen molar-refractivity contribution in [1.82, 2.24) is 21.3 Å². The third kappa shape index (κ3) is 32.9. The van der Waals surface area contributed by atoms with Gasteiger partial charge in [0.05, 0.1) is 56.7 Å². The van der Waals surface area contributed by atoms with Gasteiger partial charge in [0.25, 0.3) is 0 Å². The number of nitrogens with one attached hydrogen (secondary N) is 12. The van der Waals surface area contributed by atoms with Crippen LogP contribution >= 0.6 is 46.4 Å². The molecule has 0 spiro atoms. The summed E-state index contributed by atoms with van der Waals surface area (Å²) in [6.07, 6.45) is -9.41. The molecular formula is C113H120Cl4F8N16O8. The first-order valence-corrected chi connectivity index (χ1v) is 47.0. The van der Waals surface area contributed by atoms with Crippen LogP contribution in [0.15, 0.2) is 287 Å². The fourth-order valence-electron chi connectivity index (χ4n) is 15.6. The number of benzodiazepines with no additional fused rings is 4. The molecule has 4 aliphatic heterocycles. The molecule has 12 aromatic rings. The molecule has 0 radical (unpaired) electrons. The van der Waals surface area contributed by atoms with Gasteiger partial charge in [0.1, 0.15) is 35.8 Å². The number of aliphatic imine (C=N–C) groups is 4. The van der Waals surface area contributed by atoms with E-state index in [4.69, 9.17) is 56.4 Å². The normalized spacial score (nSPS) is 14.9. The summed E-state index contributed by atoms with van der Waals surface area (Å²) >= 11 is 25.0. The number of amides is 12. The fraction of sp³-hybridized carbons (Fsp3) is 0.257. The van der Waals surface area contributed by atoms with E-state index in [1.807, 2.05) is 93.5 Å². The van der Waals surface area contributed by atoms with Crippen molar-refractivity contribution >= 4 is 163 Å². The maximum absolute atomic E-state index is 14.3. The Bertz CT molecular complexity index is 6950. The minimum Gasteiger partial charge on any atom is -0.336 e. The number of halogens is 12. The summed E-state index contributed by atoms with van der Waals surface area (Å²) in [6.45, 7) is 18.7. The van der Waals surface area contributed by atoms with E-state index < -0.39 is 65.0 Å². The number of hydrogen-bond acceptors (Lipinski definition) is 12. The number of hydrogen-bond donors (Lipinski definition) is 12. The summed E-state index contributed by atoms with van der Waals surface area (Å²) in [4.78, 5) is 119. The summed E-state index contributed by atoms with van der Waals surface area (Å²) < 4.78 is 110. The lowest BCUT2D eigenvalue weighted by atomic mass is 9.98. The largest absolute Gasteiger partial charge is 0.416 e. The van der Waals surface area contributed by atoms with E-state index in [2.05, 4.69) is 73.8 Å². The Labute approximate surface area is 882 Å². The van der Waals surface area contributed by atoms with Gasteiger partial charge in [-0.25, -0.2) is 28.0 Å². The second-order valence-electron chi connectivity index (χ2n) is 36.5. The van der Waals surface area contributed by atoms with Crippen molar-refractivity contribution in [2.24, 2.45) is 20.0 Å². The lowest BCUT2D eigenvalue weighted by Gasteiger charge is -2.20. The van der Waals surface area contributed by atoms with Crippen LogP contribution in [-0.4, -0.2) is 118 Å². The molecule has 4 unspecified atom stereocenters. The predicted octanol–water partition coefficient (Wildman–Crippen LogP) is 27.4. The van der Waals surface area contributed by atoms with Crippen molar-refractivity contribution < 1.29 is 73.5 Å². The molecule has 0 fully saturated rings. The molecular weight excluding hydrogens is 2000 g/mol. The highest BCUT2D eigenvalue weighted by molar-refractivity contribution is 6.34. The average Bonchev–Trinajstić information content (AvgIpc) is 1.67. The van der Waals surface area contributed by atoms with Gasteiger partial charge in [0, 0.05) is 136 Å². The van der Waals surface area contributed by atoms with Gasteiger partial charge in [-0.05, 0) is 237 Å². The van der Waals surface area contributed by atoms with Crippen molar-refractivity contribution in [2.45, 2.75) is 192 Å². The van der Waals surface area contributed by atoms with Crippen LogP contribution < -0.4 is 63.8 Å². The maximum atomic E-state index is 14.3. The second kappa shape index (κ2) is 52.0. The maximum Gasteiger partial charge on any atom is 0.416 e. The van der Waals surface area contributed by atoms with Crippen molar-refractivity contribution in [3.63, 3.8) is 0 Å². The van der Waals surface area contributed by atoms with Crippen molar-refractivity contribution in [1.29, 1.82) is 0 Å². The van der Waals surface area contributed by atoms with E-state index >= 15 is 0 Å². The Morgan fingerprint density at radius 2 is 0.523 bits per heavy atom. The van der Waals surface area contributed by atoms with Gasteiger partial charge >= 0.3 is 36.5 Å². The molecule has 4 atom stereocenters. The van der Waals surface area contributed by atoms with Crippen LogP contribution in [0.25, 0.3) is 0 Å². The number of anilines is 8. The molecule has 4 aliphatic rings. The lowest BCUT2D eigenvalue weighted by molar-refractivity contribution is -0.139. The standard InChI is InChI=1S/C28H26ClF3N4O2.C27H24ClF3N4O2.C27H26ClFN4O2.C26H24ClFN4O2.5CH4/c1-27(2,3)36-26(38)33-19-11-8-16(9-12-19)24-20-15-18(29)10-13-22(20)35-25(37)23(34-24)14-17-6-4-5-7-21(17)28(30,31)32;1-15(2)32-26(37)33-19-10-7-16(8-11-19)24-20-14-18(28)9-12-22(20)35-25(36)23(34-24)13-17-5-3-4-6-21(17)27(29,30)31;1-27(2,3)33-26(35)30-19-11-8-16(9-12-19)24-20-15-18(28)10-13-22(20)32-25(34)23(31-24)14-17-6-4-5-7-21(17)29;1-15(2)29-26(34)30-19-10-7-16(8-11-19)24-20-14-18(27)9-12-22(20)32-25(33)23(31-24)13-17-5-3-4-6-21(17)28;;;;;/h4-13,15,23H,14H2,1-3H3,(H,35,37)(H2,33,36,38);3-12,14-15,23H,13H2,1-2H3,(H,35,36)(H2,32,33,37);4-13,15,23H,14H2,1-3H3,(H,32,34)(H2,30,33,35);3-12,14-15,23H,13H2,1-2H3,(H,32,33)(H2,29,30,34);5*1H4. The van der Waals surface area contributed by atoms with Crippen molar-refractivity contribution in [3.05, 3.63) is 377 Å². The van der Waals surface area contributed by atoms with E-state index in [0.29, 0.717) is 133 Å². The quantitative estimate of drug-likeness (QED) is 0.0366. The van der Waals surface area contributed by atoms with E-state index in [1.165, 1.54) is 48.5 Å². The molecule has 24 nitrogen and oxygen atoms in total. The summed E-state index contributed by atoms with van der Waals surface area (Å²) in [5.74, 6) is -2.48. The number of urea groups is 4. The fourth-order valence-corrected chi connectivity index (χ4v) is 16.3. The highest BCUT2D eigenvalue weighted by Crippen LogP contribution is 2.39. The zero-order valence-corrected chi connectivity index (χ0v) is 82.3. The molecule has 0 aromatic heterocycles. The number of alkyl halides is 6. The van der Waals surface area contributed by atoms with Gasteiger partial charge < -0.3 is 63.8 Å². The molecule has 0 bridgehead atoms. The third-order valence-corrected chi connectivity index (χ3v) is 23.0. The minimum absolute atomic E-state index is 0. The molecule has 0 saturated heterocycles. The third-order valence-electron chi connectivity index (χ3n) is 22.0. The van der Waals surface area contributed by atoms with Crippen molar-refractivity contribution in [3.8, 4) is 0 Å². The summed E-state index contributed by atoms with van der Waals surface area (Å²) in [5.41, 5.74) is 9.59. The second-order valence-corrected chi connectivity index (χ2v) is 38.2. The van der Waals surface area contributed by atoms with E-state index in [-0.39, 0.29) is 139 Å². The van der Waals surface area contributed by atoms with Crippen LogP contribution in [0, 0.1) is 11.6 Å². The molecule has 12 N–H and O–H groups in total. The topological polar surface area (TPSA) is 330 Å². The first-order chi connectivity index (χ1) is 68.2. The zero-order valence-electron chi connectivity index (χ0n) is 79.3. The molecule has 149 heavy (non-hydrogen) atoms. The van der Waals surface area contributed by atoms with Crippen LogP contribution in [0.1, 0.15) is 184 Å². The average molecular weight is 2120 g/mol.